The third-order valence-corrected chi connectivity index (χ3v) is 4.70. The molecule has 2 fully saturated rings. The van der Waals surface area contributed by atoms with E-state index in [-0.39, 0.29) is 17.7 Å². The van der Waals surface area contributed by atoms with Crippen molar-refractivity contribution in [3.05, 3.63) is 30.1 Å². The number of carbonyl (C=O) groups excluding carboxylic acids is 1. The van der Waals surface area contributed by atoms with Crippen LogP contribution in [0.15, 0.2) is 24.5 Å². The van der Waals surface area contributed by atoms with Crippen LogP contribution in [0, 0.1) is 5.92 Å². The van der Waals surface area contributed by atoms with Crippen LogP contribution in [0.2, 0.25) is 0 Å². The fraction of sp³-hybridized carbons (Fsp3) is 0.625. The largest absolute Gasteiger partial charge is 0.390 e. The van der Waals surface area contributed by atoms with Gasteiger partial charge in [0.25, 0.3) is 0 Å². The molecule has 0 aromatic carbocycles. The Bertz CT molecular complexity index is 504. The molecular formula is C16H22N2O4. The number of hydrogen-bond donors (Lipinski definition) is 3. The van der Waals surface area contributed by atoms with Crippen LogP contribution in [0.1, 0.15) is 30.7 Å². The predicted molar refractivity (Wildman–Crippen MR) is 79.1 cm³/mol. The van der Waals surface area contributed by atoms with Crippen LogP contribution < -0.4 is 5.32 Å². The molecule has 1 aliphatic heterocycles. The number of amides is 1. The third-order valence-electron chi connectivity index (χ3n) is 4.70. The summed E-state index contributed by atoms with van der Waals surface area (Å²) >= 11 is 0. The molecule has 120 valence electrons. The highest BCUT2D eigenvalue weighted by Gasteiger charge is 2.43. The van der Waals surface area contributed by atoms with Gasteiger partial charge in [-0.15, -0.1) is 0 Å². The Morgan fingerprint density at radius 2 is 2.09 bits per heavy atom. The molecule has 2 heterocycles. The highest BCUT2D eigenvalue weighted by atomic mass is 16.5. The number of aliphatic hydroxyl groups is 2. The second-order valence-electron chi connectivity index (χ2n) is 6.11. The van der Waals surface area contributed by atoms with Gasteiger partial charge in [-0.2, -0.15) is 0 Å². The smallest absolute Gasteiger partial charge is 0.223 e. The van der Waals surface area contributed by atoms with E-state index in [0.717, 1.165) is 5.56 Å². The lowest BCUT2D eigenvalue weighted by Crippen LogP contribution is -2.48. The van der Waals surface area contributed by atoms with Crippen molar-refractivity contribution in [3.63, 3.8) is 0 Å². The van der Waals surface area contributed by atoms with Gasteiger partial charge in [-0.25, -0.2) is 0 Å². The van der Waals surface area contributed by atoms with Crippen molar-refractivity contribution in [2.45, 2.75) is 43.4 Å². The average Bonchev–Trinajstić information content (AvgIpc) is 2.85. The first-order chi connectivity index (χ1) is 10.7. The summed E-state index contributed by atoms with van der Waals surface area (Å²) in [5, 5.41) is 23.2. The second kappa shape index (κ2) is 6.73. The lowest BCUT2D eigenvalue weighted by atomic mass is 9.93. The van der Waals surface area contributed by atoms with E-state index in [4.69, 9.17) is 4.74 Å². The highest BCUT2D eigenvalue weighted by Crippen LogP contribution is 2.35. The molecule has 1 amide bonds. The number of rotatable bonds is 3. The van der Waals surface area contributed by atoms with Crippen LogP contribution in [0.25, 0.3) is 0 Å². The van der Waals surface area contributed by atoms with Crippen molar-refractivity contribution in [2.75, 3.05) is 13.2 Å². The van der Waals surface area contributed by atoms with Crippen LogP contribution >= 0.6 is 0 Å². The maximum Gasteiger partial charge on any atom is 0.223 e. The Morgan fingerprint density at radius 3 is 2.77 bits per heavy atom. The monoisotopic (exact) mass is 306 g/mol. The number of aromatic nitrogens is 1. The highest BCUT2D eigenvalue weighted by molar-refractivity contribution is 5.79. The molecular weight excluding hydrogens is 284 g/mol. The Kier molecular flexibility index (Phi) is 4.71. The minimum atomic E-state index is -0.950. The summed E-state index contributed by atoms with van der Waals surface area (Å²) in [5.41, 5.74) is 0.926. The first-order valence-corrected chi connectivity index (χ1v) is 7.81. The molecule has 3 rings (SSSR count). The molecule has 6 heteroatoms. The maximum atomic E-state index is 12.4. The van der Waals surface area contributed by atoms with Crippen LogP contribution in [0.3, 0.4) is 0 Å². The molecule has 0 unspecified atom stereocenters. The molecule has 2 aliphatic rings. The van der Waals surface area contributed by atoms with Crippen molar-refractivity contribution in [1.29, 1.82) is 0 Å². The van der Waals surface area contributed by atoms with Crippen LogP contribution in [-0.2, 0) is 9.53 Å². The van der Waals surface area contributed by atoms with Gasteiger partial charge in [0.2, 0.25) is 5.91 Å². The normalized spacial score (nSPS) is 32.8. The van der Waals surface area contributed by atoms with Gasteiger partial charge in [0.15, 0.2) is 0 Å². The van der Waals surface area contributed by atoms with E-state index in [2.05, 4.69) is 10.3 Å². The summed E-state index contributed by atoms with van der Waals surface area (Å²) in [7, 11) is 0. The van der Waals surface area contributed by atoms with Crippen molar-refractivity contribution in [3.8, 4) is 0 Å². The zero-order valence-corrected chi connectivity index (χ0v) is 12.4. The quantitative estimate of drug-likeness (QED) is 0.742. The molecule has 1 saturated carbocycles. The standard InChI is InChI=1S/C16H22N2O4/c19-13-8-12(11-2-1-5-17-9-11)14(15(13)20)18-16(21)10-3-6-22-7-4-10/h1-2,5,9-10,12-15,19-20H,3-4,6-8H2,(H,18,21)/t12-,13-,14-,15-/m1/s1. The maximum absolute atomic E-state index is 12.4. The summed E-state index contributed by atoms with van der Waals surface area (Å²) < 4.78 is 5.27. The molecule has 0 spiro atoms. The van der Waals surface area contributed by atoms with Gasteiger partial charge in [0, 0.05) is 37.4 Å². The number of ether oxygens (including phenoxy) is 1. The summed E-state index contributed by atoms with van der Waals surface area (Å²) in [4.78, 5) is 16.5. The van der Waals surface area contributed by atoms with E-state index in [9.17, 15) is 15.0 Å². The molecule has 1 aromatic rings. The summed E-state index contributed by atoms with van der Waals surface area (Å²) in [6.07, 6.45) is 3.46. The molecule has 1 saturated heterocycles. The number of hydrogen-bond acceptors (Lipinski definition) is 5. The van der Waals surface area contributed by atoms with E-state index in [0.29, 0.717) is 32.5 Å². The van der Waals surface area contributed by atoms with Gasteiger partial charge in [-0.3, -0.25) is 9.78 Å². The van der Waals surface area contributed by atoms with E-state index < -0.39 is 18.2 Å². The van der Waals surface area contributed by atoms with E-state index in [1.54, 1.807) is 12.4 Å². The predicted octanol–water partition coefficient (Wildman–Crippen LogP) is 0.202. The summed E-state index contributed by atoms with van der Waals surface area (Å²) in [5.74, 6) is -0.258. The minimum absolute atomic E-state index is 0.0599. The SMILES string of the molecule is O=C(N[C@H]1[C@H](O)[C@H](O)C[C@@H]1c1cccnc1)C1CCOCC1. The Balaban J connectivity index is 1.72. The van der Waals surface area contributed by atoms with E-state index in [1.165, 1.54) is 0 Å². The number of carbonyl (C=O) groups is 1. The van der Waals surface area contributed by atoms with Gasteiger partial charge in [-0.05, 0) is 30.9 Å². The number of aliphatic hydroxyl groups excluding tert-OH is 2. The van der Waals surface area contributed by atoms with Crippen molar-refractivity contribution in [1.82, 2.24) is 10.3 Å². The number of pyridine rings is 1. The topological polar surface area (TPSA) is 91.7 Å². The molecule has 1 aromatic heterocycles. The Morgan fingerprint density at radius 1 is 1.32 bits per heavy atom. The molecule has 3 N–H and O–H groups in total. The van der Waals surface area contributed by atoms with Crippen molar-refractivity contribution < 1.29 is 19.7 Å². The average molecular weight is 306 g/mol. The summed E-state index contributed by atoms with van der Waals surface area (Å²) in [6, 6.07) is 3.26. The third kappa shape index (κ3) is 3.14. The summed E-state index contributed by atoms with van der Waals surface area (Å²) in [6.45, 7) is 1.19. The molecule has 1 aliphatic carbocycles. The molecule has 4 atom stereocenters. The lowest BCUT2D eigenvalue weighted by Gasteiger charge is -2.27. The molecule has 0 bridgehead atoms. The fourth-order valence-electron chi connectivity index (χ4n) is 3.39. The lowest BCUT2D eigenvalue weighted by molar-refractivity contribution is -0.129. The fourth-order valence-corrected chi connectivity index (χ4v) is 3.39. The first-order valence-electron chi connectivity index (χ1n) is 7.81. The van der Waals surface area contributed by atoms with Crippen LogP contribution in [0.5, 0.6) is 0 Å². The zero-order chi connectivity index (χ0) is 15.5. The number of nitrogens with one attached hydrogen (secondary N) is 1. The first kappa shape index (κ1) is 15.4. The zero-order valence-electron chi connectivity index (χ0n) is 12.4. The minimum Gasteiger partial charge on any atom is -0.390 e. The second-order valence-corrected chi connectivity index (χ2v) is 6.11. The van der Waals surface area contributed by atoms with E-state index >= 15 is 0 Å². The molecule has 6 nitrogen and oxygen atoms in total. The molecule has 22 heavy (non-hydrogen) atoms. The van der Waals surface area contributed by atoms with Gasteiger partial charge < -0.3 is 20.3 Å². The van der Waals surface area contributed by atoms with Crippen molar-refractivity contribution >= 4 is 5.91 Å². The van der Waals surface area contributed by atoms with Crippen molar-refractivity contribution in [2.24, 2.45) is 5.92 Å². The number of nitrogens with zero attached hydrogens (tertiary/aromatic N) is 1. The van der Waals surface area contributed by atoms with Crippen LogP contribution in [0.4, 0.5) is 0 Å². The van der Waals surface area contributed by atoms with Gasteiger partial charge in [-0.1, -0.05) is 6.07 Å². The van der Waals surface area contributed by atoms with Gasteiger partial charge in [0.05, 0.1) is 12.1 Å². The Hall–Kier alpha value is -1.50. The van der Waals surface area contributed by atoms with Gasteiger partial charge >= 0.3 is 0 Å². The Labute approximate surface area is 129 Å². The van der Waals surface area contributed by atoms with E-state index in [1.807, 2.05) is 12.1 Å². The van der Waals surface area contributed by atoms with Gasteiger partial charge in [0.1, 0.15) is 6.10 Å². The molecule has 0 radical (unpaired) electrons. The van der Waals surface area contributed by atoms with Crippen LogP contribution in [-0.4, -0.2) is 52.6 Å².